The first-order valence-electron chi connectivity index (χ1n) is 7.92. The number of aryl methyl sites for hydroxylation is 1. The van der Waals surface area contributed by atoms with E-state index in [1.165, 1.54) is 0 Å². The Labute approximate surface area is 141 Å². The molecule has 1 aliphatic heterocycles. The number of aromatic nitrogens is 2. The van der Waals surface area contributed by atoms with Crippen LogP contribution in [0.15, 0.2) is 30.3 Å². The van der Waals surface area contributed by atoms with Gasteiger partial charge in [0.1, 0.15) is 0 Å². The van der Waals surface area contributed by atoms with E-state index in [9.17, 15) is 4.79 Å². The lowest BCUT2D eigenvalue weighted by Gasteiger charge is -2.33. The number of amides is 1. The fourth-order valence-electron chi connectivity index (χ4n) is 2.85. The number of rotatable bonds is 3. The summed E-state index contributed by atoms with van der Waals surface area (Å²) in [5.41, 5.74) is 2.34. The standard InChI is InChI=1S/C17H21ClN4O/c1-3-20-8-10-21(11-9-20)17(23)16-12-13(2)22(19-16)15-6-4-14(18)5-7-15/h4-7,12H,3,8-11H2,1-2H3. The van der Waals surface area contributed by atoms with Gasteiger partial charge in [-0.1, -0.05) is 18.5 Å². The first kappa shape index (κ1) is 16.0. The van der Waals surface area contributed by atoms with Crippen LogP contribution in [0.2, 0.25) is 5.02 Å². The van der Waals surface area contributed by atoms with Crippen LogP contribution >= 0.6 is 11.6 Å². The molecule has 1 amide bonds. The van der Waals surface area contributed by atoms with E-state index in [2.05, 4.69) is 16.9 Å². The minimum absolute atomic E-state index is 0.0107. The van der Waals surface area contributed by atoms with Gasteiger partial charge in [0.25, 0.3) is 5.91 Å². The summed E-state index contributed by atoms with van der Waals surface area (Å²) >= 11 is 5.93. The summed E-state index contributed by atoms with van der Waals surface area (Å²) in [6.07, 6.45) is 0. The van der Waals surface area contributed by atoms with Crippen LogP contribution in [-0.2, 0) is 0 Å². The van der Waals surface area contributed by atoms with Crippen LogP contribution in [0, 0.1) is 6.92 Å². The third kappa shape index (κ3) is 3.41. The number of carbonyl (C=O) groups is 1. The molecule has 0 spiro atoms. The summed E-state index contributed by atoms with van der Waals surface area (Å²) in [5.74, 6) is 0.0107. The Morgan fingerprint density at radius 3 is 2.43 bits per heavy atom. The second-order valence-corrected chi connectivity index (χ2v) is 6.22. The monoisotopic (exact) mass is 332 g/mol. The average Bonchev–Trinajstić information content (AvgIpc) is 2.97. The number of halogens is 1. The van der Waals surface area contributed by atoms with Crippen molar-refractivity contribution in [1.82, 2.24) is 19.6 Å². The maximum absolute atomic E-state index is 12.7. The molecule has 1 fully saturated rings. The normalized spacial score (nSPS) is 15.9. The molecule has 0 unspecified atom stereocenters. The molecule has 0 atom stereocenters. The fourth-order valence-corrected chi connectivity index (χ4v) is 2.98. The van der Waals surface area contributed by atoms with E-state index in [-0.39, 0.29) is 5.91 Å². The van der Waals surface area contributed by atoms with Gasteiger partial charge >= 0.3 is 0 Å². The lowest BCUT2D eigenvalue weighted by atomic mass is 10.2. The molecule has 0 aliphatic carbocycles. The minimum Gasteiger partial charge on any atom is -0.335 e. The van der Waals surface area contributed by atoms with E-state index < -0.39 is 0 Å². The molecule has 2 heterocycles. The molecule has 0 radical (unpaired) electrons. The van der Waals surface area contributed by atoms with E-state index in [1.807, 2.05) is 42.2 Å². The van der Waals surface area contributed by atoms with Crippen molar-refractivity contribution in [3.05, 3.63) is 46.7 Å². The van der Waals surface area contributed by atoms with Gasteiger partial charge in [0.2, 0.25) is 0 Å². The zero-order chi connectivity index (χ0) is 16.4. The van der Waals surface area contributed by atoms with E-state index in [1.54, 1.807) is 4.68 Å². The van der Waals surface area contributed by atoms with E-state index in [4.69, 9.17) is 11.6 Å². The van der Waals surface area contributed by atoms with Crippen LogP contribution in [0.5, 0.6) is 0 Å². The van der Waals surface area contributed by atoms with Crippen LogP contribution in [0.25, 0.3) is 5.69 Å². The summed E-state index contributed by atoms with van der Waals surface area (Å²) in [4.78, 5) is 16.9. The number of benzene rings is 1. The summed E-state index contributed by atoms with van der Waals surface area (Å²) in [5, 5.41) is 5.18. The number of hydrogen-bond donors (Lipinski definition) is 0. The van der Waals surface area contributed by atoms with Gasteiger partial charge in [-0.25, -0.2) is 4.68 Å². The molecule has 2 aromatic rings. The number of carbonyl (C=O) groups excluding carboxylic acids is 1. The van der Waals surface area contributed by atoms with Crippen molar-refractivity contribution >= 4 is 17.5 Å². The van der Waals surface area contributed by atoms with Gasteiger partial charge in [-0.15, -0.1) is 0 Å². The molecule has 0 N–H and O–H groups in total. The number of hydrogen-bond acceptors (Lipinski definition) is 3. The molecule has 122 valence electrons. The summed E-state index contributed by atoms with van der Waals surface area (Å²) in [7, 11) is 0. The highest BCUT2D eigenvalue weighted by Crippen LogP contribution is 2.17. The molecule has 1 aliphatic rings. The van der Waals surface area contributed by atoms with E-state index in [0.29, 0.717) is 10.7 Å². The highest BCUT2D eigenvalue weighted by atomic mass is 35.5. The van der Waals surface area contributed by atoms with Crippen LogP contribution < -0.4 is 0 Å². The Morgan fingerprint density at radius 1 is 1.17 bits per heavy atom. The predicted octanol–water partition coefficient (Wildman–Crippen LogP) is 2.61. The highest BCUT2D eigenvalue weighted by molar-refractivity contribution is 6.30. The quantitative estimate of drug-likeness (QED) is 0.867. The molecule has 1 aromatic heterocycles. The van der Waals surface area contributed by atoms with Crippen molar-refractivity contribution in [3.8, 4) is 5.69 Å². The first-order valence-corrected chi connectivity index (χ1v) is 8.30. The van der Waals surface area contributed by atoms with Crippen molar-refractivity contribution in [2.45, 2.75) is 13.8 Å². The number of likely N-dealkylation sites (N-methyl/N-ethyl adjacent to an activating group) is 1. The van der Waals surface area contributed by atoms with Gasteiger partial charge in [-0.05, 0) is 43.8 Å². The molecule has 0 saturated carbocycles. The molecular weight excluding hydrogens is 312 g/mol. The smallest absolute Gasteiger partial charge is 0.274 e. The molecule has 6 heteroatoms. The Morgan fingerprint density at radius 2 is 1.83 bits per heavy atom. The number of piperazine rings is 1. The third-order valence-corrected chi connectivity index (χ3v) is 4.54. The van der Waals surface area contributed by atoms with Crippen LogP contribution in [0.4, 0.5) is 0 Å². The Kier molecular flexibility index (Phi) is 4.68. The Bertz CT molecular complexity index is 687. The SMILES string of the molecule is CCN1CCN(C(=O)c2cc(C)n(-c3ccc(Cl)cc3)n2)CC1. The topological polar surface area (TPSA) is 41.4 Å². The van der Waals surface area contributed by atoms with Crippen molar-refractivity contribution in [2.24, 2.45) is 0 Å². The molecule has 1 aromatic carbocycles. The highest BCUT2D eigenvalue weighted by Gasteiger charge is 2.23. The van der Waals surface area contributed by atoms with Crippen molar-refractivity contribution in [1.29, 1.82) is 0 Å². The zero-order valence-electron chi connectivity index (χ0n) is 13.5. The van der Waals surface area contributed by atoms with Crippen molar-refractivity contribution in [2.75, 3.05) is 32.7 Å². The number of nitrogens with zero attached hydrogens (tertiary/aromatic N) is 4. The molecule has 23 heavy (non-hydrogen) atoms. The zero-order valence-corrected chi connectivity index (χ0v) is 14.3. The summed E-state index contributed by atoms with van der Waals surface area (Å²) < 4.78 is 1.78. The van der Waals surface area contributed by atoms with Gasteiger partial charge in [-0.3, -0.25) is 4.79 Å². The molecule has 0 bridgehead atoms. The summed E-state index contributed by atoms with van der Waals surface area (Å²) in [6.45, 7) is 8.52. The van der Waals surface area contributed by atoms with Gasteiger partial charge < -0.3 is 9.80 Å². The Hall–Kier alpha value is -1.85. The van der Waals surface area contributed by atoms with E-state index in [0.717, 1.165) is 44.1 Å². The van der Waals surface area contributed by atoms with Crippen molar-refractivity contribution < 1.29 is 4.79 Å². The minimum atomic E-state index is 0.0107. The van der Waals surface area contributed by atoms with Gasteiger partial charge in [0, 0.05) is 36.9 Å². The Balaban J connectivity index is 1.78. The third-order valence-electron chi connectivity index (χ3n) is 4.28. The van der Waals surface area contributed by atoms with Crippen LogP contribution in [-0.4, -0.2) is 58.2 Å². The maximum Gasteiger partial charge on any atom is 0.274 e. The van der Waals surface area contributed by atoms with Gasteiger partial charge in [-0.2, -0.15) is 5.10 Å². The maximum atomic E-state index is 12.7. The average molecular weight is 333 g/mol. The van der Waals surface area contributed by atoms with E-state index >= 15 is 0 Å². The lowest BCUT2D eigenvalue weighted by molar-refractivity contribution is 0.0637. The van der Waals surface area contributed by atoms with Crippen LogP contribution in [0.3, 0.4) is 0 Å². The van der Waals surface area contributed by atoms with Crippen molar-refractivity contribution in [3.63, 3.8) is 0 Å². The second kappa shape index (κ2) is 6.72. The second-order valence-electron chi connectivity index (χ2n) is 5.79. The lowest BCUT2D eigenvalue weighted by Crippen LogP contribution is -2.48. The molecule has 5 nitrogen and oxygen atoms in total. The van der Waals surface area contributed by atoms with Gasteiger partial charge in [0.15, 0.2) is 5.69 Å². The predicted molar refractivity (Wildman–Crippen MR) is 91.3 cm³/mol. The summed E-state index contributed by atoms with van der Waals surface area (Å²) in [6, 6.07) is 9.29. The van der Waals surface area contributed by atoms with Crippen LogP contribution in [0.1, 0.15) is 23.1 Å². The fraction of sp³-hybridized carbons (Fsp3) is 0.412. The van der Waals surface area contributed by atoms with Gasteiger partial charge in [0.05, 0.1) is 5.69 Å². The molecule has 3 rings (SSSR count). The largest absolute Gasteiger partial charge is 0.335 e. The molecule has 1 saturated heterocycles. The first-order chi connectivity index (χ1) is 11.1. The molecular formula is C17H21ClN4O.